The molecule has 0 unspecified atom stereocenters. The normalized spacial score (nSPS) is 11.3. The molecule has 0 spiro atoms. The van der Waals surface area contributed by atoms with Gasteiger partial charge in [0.15, 0.2) is 0 Å². The number of hydrogen-bond acceptors (Lipinski definition) is 4. The number of para-hydroxylation sites is 3. The highest BCUT2D eigenvalue weighted by Gasteiger charge is 2.11. The number of nitrogens with zero attached hydrogens (tertiary/aromatic N) is 2. The summed E-state index contributed by atoms with van der Waals surface area (Å²) in [6.45, 7) is 6.88. The zero-order valence-corrected chi connectivity index (χ0v) is 20.9. The number of amides is 1. The van der Waals surface area contributed by atoms with E-state index in [0.717, 1.165) is 68.8 Å². The highest BCUT2D eigenvalue weighted by Crippen LogP contribution is 2.26. The summed E-state index contributed by atoms with van der Waals surface area (Å²) >= 11 is 0. The molecule has 1 N–H and O–H groups in total. The Hall–Kier alpha value is -2.86. The van der Waals surface area contributed by atoms with E-state index in [1.165, 1.54) is 18.2 Å². The molecule has 184 valence electrons. The number of hydrogen-bond donors (Lipinski definition) is 1. The molecular weight excluding hydrogens is 426 g/mol. The van der Waals surface area contributed by atoms with Gasteiger partial charge in [0.1, 0.15) is 18.2 Å². The molecule has 0 aliphatic rings. The fraction of sp³-hybridized carbons (Fsp3) is 0.500. The second-order valence-corrected chi connectivity index (χ2v) is 9.01. The van der Waals surface area contributed by atoms with Gasteiger partial charge in [-0.15, -0.1) is 0 Å². The molecule has 0 aliphatic heterocycles. The number of unbranched alkanes of at least 4 members (excludes halogenated alkanes) is 3. The van der Waals surface area contributed by atoms with Crippen molar-refractivity contribution in [1.29, 1.82) is 0 Å². The second kappa shape index (κ2) is 13.8. The summed E-state index contributed by atoms with van der Waals surface area (Å²) in [5, 5.41) is 2.88. The summed E-state index contributed by atoms with van der Waals surface area (Å²) in [4.78, 5) is 16.4. The number of nitrogens with one attached hydrogen (secondary N) is 1. The highest BCUT2D eigenvalue weighted by molar-refractivity contribution is 5.77. The Kier molecular flexibility index (Phi) is 10.4. The number of methoxy groups -OCH3 is 1. The van der Waals surface area contributed by atoms with Crippen molar-refractivity contribution in [2.45, 2.75) is 64.8 Å². The van der Waals surface area contributed by atoms with E-state index in [4.69, 9.17) is 14.5 Å². The Balaban J connectivity index is 1.47. The molecule has 1 amide bonds. The van der Waals surface area contributed by atoms with Crippen LogP contribution in [0.25, 0.3) is 11.0 Å². The molecular formula is C28H39N3O3. The maximum Gasteiger partial charge on any atom is 0.245 e. The van der Waals surface area contributed by atoms with Crippen molar-refractivity contribution in [1.82, 2.24) is 14.9 Å². The first-order valence-electron chi connectivity index (χ1n) is 12.5. The van der Waals surface area contributed by atoms with E-state index < -0.39 is 0 Å². The third kappa shape index (κ3) is 7.59. The van der Waals surface area contributed by atoms with Crippen molar-refractivity contribution in [3.63, 3.8) is 0 Å². The Labute approximate surface area is 203 Å². The molecule has 0 radical (unpaired) electrons. The summed E-state index contributed by atoms with van der Waals surface area (Å²) in [5.41, 5.74) is 3.53. The number of ether oxygens (including phenoxy) is 2. The topological polar surface area (TPSA) is 65.4 Å². The van der Waals surface area contributed by atoms with Gasteiger partial charge in [-0.1, -0.05) is 50.6 Å². The summed E-state index contributed by atoms with van der Waals surface area (Å²) in [5.74, 6) is 2.55. The van der Waals surface area contributed by atoms with E-state index in [1.807, 2.05) is 12.1 Å². The van der Waals surface area contributed by atoms with E-state index in [9.17, 15) is 4.79 Å². The van der Waals surface area contributed by atoms with Crippen molar-refractivity contribution in [3.05, 3.63) is 59.9 Å². The smallest absolute Gasteiger partial charge is 0.245 e. The molecule has 6 nitrogen and oxygen atoms in total. The first-order valence-corrected chi connectivity index (χ1v) is 12.5. The van der Waals surface area contributed by atoms with Crippen LogP contribution in [0.4, 0.5) is 0 Å². The maximum absolute atomic E-state index is 11.5. The minimum Gasteiger partial charge on any atom is -0.493 e. The average molecular weight is 466 g/mol. The van der Waals surface area contributed by atoms with Gasteiger partial charge < -0.3 is 19.4 Å². The second-order valence-electron chi connectivity index (χ2n) is 9.01. The Morgan fingerprint density at radius 2 is 1.79 bits per heavy atom. The van der Waals surface area contributed by atoms with E-state index in [1.54, 1.807) is 0 Å². The number of aryl methyl sites for hydroxylation is 2. The number of imidazole rings is 1. The summed E-state index contributed by atoms with van der Waals surface area (Å²) in [6, 6.07) is 16.7. The lowest BCUT2D eigenvalue weighted by atomic mass is 10.0. The number of aromatic nitrogens is 2. The molecule has 1 heterocycles. The molecule has 0 saturated heterocycles. The number of benzene rings is 2. The van der Waals surface area contributed by atoms with Gasteiger partial charge in [-0.05, 0) is 55.4 Å². The van der Waals surface area contributed by atoms with Crippen LogP contribution in [0.15, 0.2) is 48.5 Å². The monoisotopic (exact) mass is 465 g/mol. The van der Waals surface area contributed by atoms with Crippen molar-refractivity contribution in [2.24, 2.45) is 0 Å². The molecule has 1 aromatic heterocycles. The molecule has 0 fully saturated rings. The standard InChI is InChI=1S/C28H39N3O3/c1-22(2)23-13-6-9-16-26(23)34-20-12-11-19-31-25-15-8-7-14-24(25)30-27(31)17-5-4-10-18-29-28(32)21-33-3/h6-9,13-16,22H,4-5,10-12,17-21H2,1-3H3,(H,29,32). The van der Waals surface area contributed by atoms with Gasteiger partial charge in [0.05, 0.1) is 17.6 Å². The third-order valence-electron chi connectivity index (χ3n) is 5.98. The van der Waals surface area contributed by atoms with E-state index in [0.29, 0.717) is 12.5 Å². The summed E-state index contributed by atoms with van der Waals surface area (Å²) in [7, 11) is 1.53. The Morgan fingerprint density at radius 1 is 1.00 bits per heavy atom. The van der Waals surface area contributed by atoms with Crippen LogP contribution < -0.4 is 10.1 Å². The Morgan fingerprint density at radius 3 is 2.62 bits per heavy atom. The van der Waals surface area contributed by atoms with Crippen LogP contribution >= 0.6 is 0 Å². The quantitative estimate of drug-likeness (QED) is 0.301. The molecule has 0 saturated carbocycles. The fourth-order valence-electron chi connectivity index (χ4n) is 4.20. The van der Waals surface area contributed by atoms with Gasteiger partial charge in [-0.25, -0.2) is 4.98 Å². The van der Waals surface area contributed by atoms with Crippen molar-refractivity contribution < 1.29 is 14.3 Å². The molecule has 3 rings (SSSR count). The van der Waals surface area contributed by atoms with Crippen LogP contribution in [-0.2, 0) is 22.5 Å². The lowest BCUT2D eigenvalue weighted by Crippen LogP contribution is -2.27. The SMILES string of the molecule is COCC(=O)NCCCCCc1nc2ccccc2n1CCCCOc1ccccc1C(C)C. The van der Waals surface area contributed by atoms with E-state index >= 15 is 0 Å². The number of rotatable bonds is 15. The average Bonchev–Trinajstić information content (AvgIpc) is 3.18. The minimum atomic E-state index is -0.0547. The molecule has 3 aromatic rings. The summed E-state index contributed by atoms with van der Waals surface area (Å²) in [6.07, 6.45) is 6.06. The minimum absolute atomic E-state index is 0.0547. The predicted octanol–water partition coefficient (Wildman–Crippen LogP) is 5.49. The first kappa shape index (κ1) is 25.8. The lowest BCUT2D eigenvalue weighted by molar-refractivity contribution is -0.124. The van der Waals surface area contributed by atoms with Crippen molar-refractivity contribution >= 4 is 16.9 Å². The first-order chi connectivity index (χ1) is 16.6. The maximum atomic E-state index is 11.5. The van der Waals surface area contributed by atoms with Crippen LogP contribution in [0, 0.1) is 0 Å². The van der Waals surface area contributed by atoms with Crippen LogP contribution in [0.2, 0.25) is 0 Å². The molecule has 34 heavy (non-hydrogen) atoms. The number of fused-ring (bicyclic) bond motifs is 1. The zero-order chi connectivity index (χ0) is 24.2. The molecule has 2 aromatic carbocycles. The van der Waals surface area contributed by atoms with Crippen molar-refractivity contribution in [2.75, 3.05) is 26.9 Å². The predicted molar refractivity (Wildman–Crippen MR) is 137 cm³/mol. The van der Waals surface area contributed by atoms with Crippen LogP contribution in [0.1, 0.15) is 63.3 Å². The van der Waals surface area contributed by atoms with Crippen molar-refractivity contribution in [3.8, 4) is 5.75 Å². The molecule has 0 atom stereocenters. The molecule has 6 heteroatoms. The molecule has 0 bridgehead atoms. The van der Waals surface area contributed by atoms with Crippen LogP contribution in [-0.4, -0.2) is 42.3 Å². The molecule has 0 aliphatic carbocycles. The summed E-state index contributed by atoms with van der Waals surface area (Å²) < 4.78 is 13.3. The lowest BCUT2D eigenvalue weighted by Gasteiger charge is -2.14. The number of carbonyl (C=O) groups excluding carboxylic acids is 1. The Bertz CT molecular complexity index is 1030. The van der Waals surface area contributed by atoms with Crippen LogP contribution in [0.3, 0.4) is 0 Å². The van der Waals surface area contributed by atoms with Gasteiger partial charge in [0.25, 0.3) is 0 Å². The van der Waals surface area contributed by atoms with Gasteiger partial charge in [-0.2, -0.15) is 0 Å². The zero-order valence-electron chi connectivity index (χ0n) is 20.9. The van der Waals surface area contributed by atoms with Gasteiger partial charge in [-0.3, -0.25) is 4.79 Å². The highest BCUT2D eigenvalue weighted by atomic mass is 16.5. The van der Waals surface area contributed by atoms with Gasteiger partial charge in [0, 0.05) is 26.6 Å². The number of carbonyl (C=O) groups is 1. The van der Waals surface area contributed by atoms with Gasteiger partial charge in [0.2, 0.25) is 5.91 Å². The largest absolute Gasteiger partial charge is 0.493 e. The van der Waals surface area contributed by atoms with Gasteiger partial charge >= 0.3 is 0 Å². The van der Waals surface area contributed by atoms with Crippen LogP contribution in [0.5, 0.6) is 5.75 Å². The van der Waals surface area contributed by atoms with E-state index in [-0.39, 0.29) is 12.5 Å². The third-order valence-corrected chi connectivity index (χ3v) is 5.98. The fourth-order valence-corrected chi connectivity index (χ4v) is 4.20. The van der Waals surface area contributed by atoms with E-state index in [2.05, 4.69) is 60.1 Å².